The summed E-state index contributed by atoms with van der Waals surface area (Å²) >= 11 is 0. The molecule has 250 valence electrons. The quantitative estimate of drug-likeness (QED) is 0.169. The molecule has 2 saturated carbocycles. The number of carbonyl (C=O) groups excluding carboxylic acids is 2. The number of ether oxygens (including phenoxy) is 2. The molecule has 0 radical (unpaired) electrons. The number of carbonyl (C=O) groups is 2. The van der Waals surface area contributed by atoms with Gasteiger partial charge in [0.15, 0.2) is 0 Å². The van der Waals surface area contributed by atoms with Gasteiger partial charge in [-0.1, -0.05) is 38.5 Å². The Morgan fingerprint density at radius 1 is 0.614 bits per heavy atom. The van der Waals surface area contributed by atoms with E-state index in [1.807, 2.05) is 12.2 Å². The van der Waals surface area contributed by atoms with Crippen LogP contribution in [0.1, 0.15) is 158 Å². The van der Waals surface area contributed by atoms with Gasteiger partial charge >= 0.3 is 11.9 Å². The lowest BCUT2D eigenvalue weighted by atomic mass is 9.86. The molecule has 0 spiro atoms. The maximum Gasteiger partial charge on any atom is 0.310 e. The van der Waals surface area contributed by atoms with E-state index in [1.54, 1.807) is 0 Å². The average molecular weight is 617 g/mol. The van der Waals surface area contributed by atoms with Gasteiger partial charge in [-0.25, -0.2) is 0 Å². The summed E-state index contributed by atoms with van der Waals surface area (Å²) in [4.78, 5) is 38.6. The average Bonchev–Trinajstić information content (AvgIpc) is 2.91. The van der Waals surface area contributed by atoms with Crippen molar-refractivity contribution in [2.75, 3.05) is 0 Å². The molecule has 2 fully saturated rings. The van der Waals surface area contributed by atoms with Crippen molar-refractivity contribution in [3.63, 3.8) is 0 Å². The first-order valence-electron chi connectivity index (χ1n) is 17.4. The van der Waals surface area contributed by atoms with Crippen LogP contribution in [-0.2, 0) is 28.7 Å². The molecule has 0 amide bonds. The zero-order valence-corrected chi connectivity index (χ0v) is 29.0. The molecule has 0 aromatic heterocycles. The minimum absolute atomic E-state index is 0.255. The zero-order chi connectivity index (χ0) is 32.2. The first kappa shape index (κ1) is 35.1. The molecule has 0 bridgehead atoms. The first-order valence-corrected chi connectivity index (χ1v) is 17.4. The van der Waals surface area contributed by atoms with E-state index in [-0.39, 0.29) is 48.1 Å². The molecule has 0 unspecified atom stereocenters. The lowest BCUT2D eigenvalue weighted by Gasteiger charge is -2.50. The van der Waals surface area contributed by atoms with Crippen LogP contribution < -0.4 is 0 Å². The monoisotopic (exact) mass is 616 g/mol. The van der Waals surface area contributed by atoms with Gasteiger partial charge in [0.1, 0.15) is 11.5 Å². The van der Waals surface area contributed by atoms with Gasteiger partial charge in [0, 0.05) is 36.8 Å². The highest BCUT2D eigenvalue weighted by atomic mass is 16.7. The number of nitrogens with zero attached hydrogens (tertiary/aromatic N) is 2. The van der Waals surface area contributed by atoms with Gasteiger partial charge in [-0.15, -0.1) is 0 Å². The minimum atomic E-state index is -0.394. The normalized spacial score (nSPS) is 26.0. The van der Waals surface area contributed by atoms with Gasteiger partial charge in [-0.05, 0) is 106 Å². The fraction of sp³-hybridized carbons (Fsp3) is 0.833. The summed E-state index contributed by atoms with van der Waals surface area (Å²) in [5, 5.41) is 4.23. The summed E-state index contributed by atoms with van der Waals surface area (Å²) in [6.07, 6.45) is 19.3. The molecular formula is C36H60N2O6. The van der Waals surface area contributed by atoms with Crippen LogP contribution in [0.5, 0.6) is 0 Å². The summed E-state index contributed by atoms with van der Waals surface area (Å²) in [5.41, 5.74) is -1.39. The van der Waals surface area contributed by atoms with Crippen LogP contribution in [0.15, 0.2) is 23.7 Å². The second-order valence-corrected chi connectivity index (χ2v) is 16.0. The topological polar surface area (TPSA) is 77.5 Å². The number of esters is 2. The molecule has 44 heavy (non-hydrogen) atoms. The van der Waals surface area contributed by atoms with E-state index in [2.05, 4.69) is 65.5 Å². The first-order chi connectivity index (χ1) is 20.6. The van der Waals surface area contributed by atoms with Gasteiger partial charge in [0.2, 0.25) is 0 Å². The molecule has 2 aliphatic heterocycles. The second kappa shape index (κ2) is 14.4. The van der Waals surface area contributed by atoms with Crippen LogP contribution in [0.25, 0.3) is 0 Å². The summed E-state index contributed by atoms with van der Waals surface area (Å²) < 4.78 is 11.7. The molecule has 8 nitrogen and oxygen atoms in total. The van der Waals surface area contributed by atoms with Gasteiger partial charge in [-0.2, -0.15) is 10.1 Å². The Balaban J connectivity index is 1.21. The molecular weight excluding hydrogens is 556 g/mol. The Morgan fingerprint density at radius 2 is 0.955 bits per heavy atom. The molecule has 0 aromatic carbocycles. The van der Waals surface area contributed by atoms with Gasteiger partial charge in [0.05, 0.1) is 23.3 Å². The maximum atomic E-state index is 12.8. The molecule has 0 aromatic rings. The van der Waals surface area contributed by atoms with Crippen LogP contribution in [0.2, 0.25) is 0 Å². The Labute approximate surface area is 266 Å². The zero-order valence-electron chi connectivity index (χ0n) is 29.0. The van der Waals surface area contributed by atoms with E-state index in [0.29, 0.717) is 37.2 Å². The van der Waals surface area contributed by atoms with E-state index < -0.39 is 11.1 Å². The Kier molecular flexibility index (Phi) is 11.5. The highest BCUT2D eigenvalue weighted by molar-refractivity contribution is 5.72. The van der Waals surface area contributed by atoms with Crippen molar-refractivity contribution in [1.29, 1.82) is 0 Å². The Hall–Kier alpha value is -1.74. The lowest BCUT2D eigenvalue weighted by Crippen LogP contribution is -2.58. The van der Waals surface area contributed by atoms with E-state index in [4.69, 9.17) is 19.1 Å². The lowest BCUT2D eigenvalue weighted by molar-refractivity contribution is -0.290. The van der Waals surface area contributed by atoms with Gasteiger partial charge < -0.3 is 9.47 Å². The standard InChI is InChI=1S/C36H60N2O6/c1-33(2)23-29(24-34(3,4)37(33)43-27-17-11-9-12-18-27)41-31(39)21-15-16-22-32(40)42-30-25-35(5,6)38(36(7,8)26-30)44-28-19-13-10-14-20-28/h23,25,27-28H,9-22,24,26H2,1-8H3. The summed E-state index contributed by atoms with van der Waals surface area (Å²) in [6.45, 7) is 17.0. The van der Waals surface area contributed by atoms with Crippen LogP contribution in [0, 0.1) is 0 Å². The van der Waals surface area contributed by atoms with Crippen molar-refractivity contribution in [2.24, 2.45) is 0 Å². The Bertz CT molecular complexity index is 978. The number of hydroxylamine groups is 4. The van der Waals surface area contributed by atoms with Crippen LogP contribution in [0.4, 0.5) is 0 Å². The smallest absolute Gasteiger partial charge is 0.310 e. The fourth-order valence-electron chi connectivity index (χ4n) is 7.82. The molecule has 0 saturated heterocycles. The SMILES string of the molecule is CC1(C)C=C(OC(=O)CCCCC(=O)OC2=CC(C)(C)N(OC3CCCCC3)C(C)(C)C2)CC(C)(C)N1OC1CCCCC1. The number of hydrogen-bond acceptors (Lipinski definition) is 8. The molecule has 2 aliphatic carbocycles. The third-order valence-corrected chi connectivity index (χ3v) is 9.50. The Morgan fingerprint density at radius 3 is 1.27 bits per heavy atom. The number of rotatable bonds is 11. The highest BCUT2D eigenvalue weighted by Crippen LogP contribution is 2.41. The molecule has 2 heterocycles. The van der Waals surface area contributed by atoms with E-state index in [1.165, 1.54) is 38.5 Å². The second-order valence-electron chi connectivity index (χ2n) is 16.0. The minimum Gasteiger partial charge on any atom is -0.431 e. The third-order valence-electron chi connectivity index (χ3n) is 9.50. The predicted octanol–water partition coefficient (Wildman–Crippen LogP) is 8.46. The van der Waals surface area contributed by atoms with Crippen LogP contribution in [-0.4, -0.2) is 56.4 Å². The predicted molar refractivity (Wildman–Crippen MR) is 172 cm³/mol. The van der Waals surface area contributed by atoms with Gasteiger partial charge in [-0.3, -0.25) is 19.3 Å². The van der Waals surface area contributed by atoms with Crippen molar-refractivity contribution in [1.82, 2.24) is 10.1 Å². The summed E-state index contributed by atoms with van der Waals surface area (Å²) in [7, 11) is 0. The van der Waals surface area contributed by atoms with Gasteiger partial charge in [0.25, 0.3) is 0 Å². The summed E-state index contributed by atoms with van der Waals surface area (Å²) in [5.74, 6) is 0.886. The number of unbranched alkanes of at least 4 members (excludes halogenated alkanes) is 1. The van der Waals surface area contributed by atoms with Crippen molar-refractivity contribution in [3.8, 4) is 0 Å². The highest BCUT2D eigenvalue weighted by Gasteiger charge is 2.46. The van der Waals surface area contributed by atoms with E-state index >= 15 is 0 Å². The third kappa shape index (κ3) is 9.40. The van der Waals surface area contributed by atoms with Crippen molar-refractivity contribution >= 4 is 11.9 Å². The van der Waals surface area contributed by atoms with Crippen LogP contribution in [0.3, 0.4) is 0 Å². The summed E-state index contributed by atoms with van der Waals surface area (Å²) in [6, 6.07) is 0. The maximum absolute atomic E-state index is 12.8. The number of hydrogen-bond donors (Lipinski definition) is 0. The van der Waals surface area contributed by atoms with E-state index in [9.17, 15) is 9.59 Å². The van der Waals surface area contributed by atoms with E-state index in [0.717, 1.165) is 25.7 Å². The van der Waals surface area contributed by atoms with Crippen molar-refractivity contribution in [2.45, 2.75) is 192 Å². The molecule has 0 N–H and O–H groups in total. The molecule has 4 aliphatic rings. The van der Waals surface area contributed by atoms with Crippen LogP contribution >= 0.6 is 0 Å². The fourth-order valence-corrected chi connectivity index (χ4v) is 7.82. The molecule has 4 rings (SSSR count). The van der Waals surface area contributed by atoms with Crippen molar-refractivity contribution < 1.29 is 28.7 Å². The molecule has 0 atom stereocenters. The van der Waals surface area contributed by atoms with Crippen molar-refractivity contribution in [3.05, 3.63) is 23.7 Å². The molecule has 8 heteroatoms. The largest absolute Gasteiger partial charge is 0.431 e.